The van der Waals surface area contributed by atoms with Crippen LogP contribution in [0.3, 0.4) is 0 Å². The number of aryl methyl sites for hydroxylation is 1. The Morgan fingerprint density at radius 3 is 2.97 bits per heavy atom. The van der Waals surface area contributed by atoms with Crippen molar-refractivity contribution in [3.8, 4) is 11.3 Å². The standard InChI is InChI=1S/C19H21FN8S.C2H6/c1-12-9-28-16(13-6-22-23-7-13)8-21-19(28)18(24-12)25-17-5-15(26-29-17)11-27-4-2-3-14(20)10-27;1-2/h5-9,14H,2-4,10-11H2,1H3,(H,22,23)(H,24,25);1-2H3. The third kappa shape index (κ3) is 4.75. The predicted molar refractivity (Wildman–Crippen MR) is 121 cm³/mol. The van der Waals surface area contributed by atoms with E-state index in [2.05, 4.69) is 34.8 Å². The molecule has 0 aliphatic carbocycles. The van der Waals surface area contributed by atoms with Gasteiger partial charge in [-0.15, -0.1) is 0 Å². The second kappa shape index (κ2) is 9.52. The van der Waals surface area contributed by atoms with Crippen LogP contribution in [0.5, 0.6) is 0 Å². The van der Waals surface area contributed by atoms with Crippen molar-refractivity contribution in [2.45, 2.75) is 46.3 Å². The summed E-state index contributed by atoms with van der Waals surface area (Å²) in [5.41, 5.74) is 4.45. The third-order valence-corrected chi connectivity index (χ3v) is 5.78. The van der Waals surface area contributed by atoms with Crippen molar-refractivity contribution >= 4 is 28.0 Å². The number of H-pyrrole nitrogens is 1. The number of hydrogen-bond acceptors (Lipinski definition) is 7. The topological polar surface area (TPSA) is 87.0 Å². The van der Waals surface area contributed by atoms with Crippen molar-refractivity contribution in [2.24, 2.45) is 0 Å². The SMILES string of the molecule is CC.Cc1cn2c(-c3cn[nH]c3)cnc2c(Nc2cc(CN3CCCC(F)C3)ns2)n1. The molecule has 0 radical (unpaired) electrons. The zero-order valence-electron chi connectivity index (χ0n) is 18.0. The van der Waals surface area contributed by atoms with Crippen molar-refractivity contribution in [3.63, 3.8) is 0 Å². The number of aromatic amines is 1. The molecule has 8 nitrogen and oxygen atoms in total. The fourth-order valence-corrected chi connectivity index (χ4v) is 4.39. The van der Waals surface area contributed by atoms with Gasteiger partial charge in [-0.1, -0.05) is 13.8 Å². The molecule has 164 valence electrons. The van der Waals surface area contributed by atoms with Gasteiger partial charge in [0.15, 0.2) is 11.5 Å². The molecule has 1 unspecified atom stereocenters. The van der Waals surface area contributed by atoms with Crippen LogP contribution < -0.4 is 5.32 Å². The lowest BCUT2D eigenvalue weighted by atomic mass is 10.1. The van der Waals surface area contributed by atoms with Gasteiger partial charge in [-0.05, 0) is 43.9 Å². The fraction of sp³-hybridized carbons (Fsp3) is 0.429. The number of nitrogens with zero attached hydrogens (tertiary/aromatic N) is 6. The summed E-state index contributed by atoms with van der Waals surface area (Å²) in [4.78, 5) is 11.3. The Balaban J connectivity index is 0.00000112. The van der Waals surface area contributed by atoms with Crippen LogP contribution in [0, 0.1) is 6.92 Å². The van der Waals surface area contributed by atoms with Crippen LogP contribution in [0.25, 0.3) is 16.9 Å². The van der Waals surface area contributed by atoms with E-state index in [0.29, 0.717) is 25.3 Å². The van der Waals surface area contributed by atoms with E-state index in [1.54, 1.807) is 6.20 Å². The summed E-state index contributed by atoms with van der Waals surface area (Å²) < 4.78 is 20.2. The number of imidazole rings is 1. The van der Waals surface area contributed by atoms with E-state index < -0.39 is 6.17 Å². The Bertz CT molecular complexity index is 1120. The Kier molecular flexibility index (Phi) is 6.57. The van der Waals surface area contributed by atoms with Crippen molar-refractivity contribution in [1.29, 1.82) is 0 Å². The second-order valence-electron chi connectivity index (χ2n) is 7.34. The van der Waals surface area contributed by atoms with Gasteiger partial charge in [-0.2, -0.15) is 9.47 Å². The first-order valence-electron chi connectivity index (χ1n) is 10.6. The summed E-state index contributed by atoms with van der Waals surface area (Å²) in [6, 6.07) is 2.01. The molecule has 4 aromatic heterocycles. The fourth-order valence-electron chi connectivity index (χ4n) is 3.73. The maximum atomic E-state index is 13.6. The zero-order valence-corrected chi connectivity index (χ0v) is 18.8. The molecule has 4 aromatic rings. The highest BCUT2D eigenvalue weighted by molar-refractivity contribution is 7.10. The highest BCUT2D eigenvalue weighted by Crippen LogP contribution is 2.28. The molecule has 0 spiro atoms. The number of rotatable bonds is 5. The lowest BCUT2D eigenvalue weighted by Crippen LogP contribution is -2.35. The van der Waals surface area contributed by atoms with Crippen LogP contribution in [0.2, 0.25) is 0 Å². The number of likely N-dealkylation sites (tertiary alicyclic amines) is 1. The summed E-state index contributed by atoms with van der Waals surface area (Å²) in [6.45, 7) is 8.03. The maximum Gasteiger partial charge on any atom is 0.180 e. The first kappa shape index (κ1) is 21.4. The quantitative estimate of drug-likeness (QED) is 0.470. The van der Waals surface area contributed by atoms with E-state index in [-0.39, 0.29) is 0 Å². The van der Waals surface area contributed by atoms with E-state index >= 15 is 0 Å². The van der Waals surface area contributed by atoms with Gasteiger partial charge in [0.25, 0.3) is 0 Å². The number of nitrogens with one attached hydrogen (secondary N) is 2. The van der Waals surface area contributed by atoms with Crippen LogP contribution in [-0.4, -0.2) is 53.1 Å². The Morgan fingerprint density at radius 2 is 2.19 bits per heavy atom. The van der Waals surface area contributed by atoms with Gasteiger partial charge in [0.2, 0.25) is 0 Å². The number of hydrogen-bond donors (Lipinski definition) is 2. The number of alkyl halides is 1. The Morgan fingerprint density at radius 1 is 1.32 bits per heavy atom. The maximum absolute atomic E-state index is 13.6. The minimum absolute atomic E-state index is 0.491. The molecule has 5 rings (SSSR count). The number of anilines is 2. The molecule has 2 N–H and O–H groups in total. The molecule has 0 amide bonds. The molecule has 0 bridgehead atoms. The van der Waals surface area contributed by atoms with Gasteiger partial charge in [0, 0.05) is 31.0 Å². The monoisotopic (exact) mass is 442 g/mol. The molecule has 1 aliphatic rings. The van der Waals surface area contributed by atoms with Crippen LogP contribution in [0.4, 0.5) is 15.2 Å². The average Bonchev–Trinajstić information content (AvgIpc) is 3.50. The molecular formula is C21H27FN8S. The molecule has 10 heteroatoms. The van der Waals surface area contributed by atoms with Crippen molar-refractivity contribution in [2.75, 3.05) is 18.4 Å². The molecule has 1 fully saturated rings. The van der Waals surface area contributed by atoms with Crippen LogP contribution in [0.15, 0.2) is 30.9 Å². The van der Waals surface area contributed by atoms with Crippen molar-refractivity contribution in [3.05, 3.63) is 42.2 Å². The summed E-state index contributed by atoms with van der Waals surface area (Å²) in [5, 5.41) is 11.1. The van der Waals surface area contributed by atoms with Gasteiger partial charge in [0.05, 0.1) is 29.5 Å². The lowest BCUT2D eigenvalue weighted by molar-refractivity contribution is 0.132. The second-order valence-corrected chi connectivity index (χ2v) is 8.14. The van der Waals surface area contributed by atoms with Crippen LogP contribution >= 0.6 is 11.5 Å². The Hall–Kier alpha value is -2.85. The summed E-state index contributed by atoms with van der Waals surface area (Å²) in [6.07, 6.45) is 8.22. The predicted octanol–water partition coefficient (Wildman–Crippen LogP) is 4.59. The van der Waals surface area contributed by atoms with Gasteiger partial charge in [-0.3, -0.25) is 14.4 Å². The smallest absolute Gasteiger partial charge is 0.180 e. The Labute approximate surface area is 184 Å². The molecule has 31 heavy (non-hydrogen) atoms. The normalized spacial score (nSPS) is 16.8. The van der Waals surface area contributed by atoms with Crippen LogP contribution in [-0.2, 0) is 6.54 Å². The highest BCUT2D eigenvalue weighted by atomic mass is 32.1. The van der Waals surface area contributed by atoms with Gasteiger partial charge in [0.1, 0.15) is 11.2 Å². The molecule has 1 aliphatic heterocycles. The number of fused-ring (bicyclic) bond motifs is 1. The van der Waals surface area contributed by atoms with E-state index in [0.717, 1.165) is 46.3 Å². The molecule has 0 aromatic carbocycles. The van der Waals surface area contributed by atoms with E-state index in [4.69, 9.17) is 0 Å². The number of piperidine rings is 1. The molecule has 1 atom stereocenters. The van der Waals surface area contributed by atoms with E-state index in [1.807, 2.05) is 49.8 Å². The third-order valence-electron chi connectivity index (χ3n) is 5.04. The first-order chi connectivity index (χ1) is 15.2. The minimum atomic E-state index is -0.727. The van der Waals surface area contributed by atoms with Gasteiger partial charge in [-0.25, -0.2) is 14.4 Å². The van der Waals surface area contributed by atoms with Gasteiger partial charge < -0.3 is 5.32 Å². The van der Waals surface area contributed by atoms with E-state index in [9.17, 15) is 4.39 Å². The average molecular weight is 443 g/mol. The highest BCUT2D eigenvalue weighted by Gasteiger charge is 2.20. The minimum Gasteiger partial charge on any atom is -0.328 e. The van der Waals surface area contributed by atoms with Gasteiger partial charge >= 0.3 is 0 Å². The molecule has 0 saturated carbocycles. The molecule has 5 heterocycles. The zero-order chi connectivity index (χ0) is 21.8. The summed E-state index contributed by atoms with van der Waals surface area (Å²) >= 11 is 1.38. The summed E-state index contributed by atoms with van der Waals surface area (Å²) in [5.74, 6) is 0.678. The van der Waals surface area contributed by atoms with Crippen LogP contribution in [0.1, 0.15) is 38.1 Å². The number of aromatic nitrogens is 6. The lowest BCUT2D eigenvalue weighted by Gasteiger charge is -2.27. The number of halogens is 1. The summed E-state index contributed by atoms with van der Waals surface area (Å²) in [7, 11) is 0. The van der Waals surface area contributed by atoms with E-state index in [1.165, 1.54) is 11.5 Å². The van der Waals surface area contributed by atoms with Crippen molar-refractivity contribution in [1.82, 2.24) is 33.8 Å². The molecular weight excluding hydrogens is 415 g/mol. The molecule has 1 saturated heterocycles. The van der Waals surface area contributed by atoms with Crippen molar-refractivity contribution < 1.29 is 4.39 Å². The largest absolute Gasteiger partial charge is 0.328 e. The first-order valence-corrected chi connectivity index (χ1v) is 11.4.